The first kappa shape index (κ1) is 20.0. The molecule has 2 aromatic carbocycles. The second-order valence-corrected chi connectivity index (χ2v) is 8.71. The summed E-state index contributed by atoms with van der Waals surface area (Å²) in [6, 6.07) is 13.5. The number of fused-ring (bicyclic) bond motifs is 1. The Labute approximate surface area is 184 Å². The molecular weight excluding hydrogens is 474 g/mol. The molecule has 3 aromatic rings. The predicted molar refractivity (Wildman–Crippen MR) is 127 cm³/mol. The molecule has 1 heterocycles. The average Bonchev–Trinajstić information content (AvgIpc) is 3.12. The minimum atomic E-state index is -0.144. The molecule has 1 atom stereocenters. The molecule has 0 radical (unpaired) electrons. The number of aromatic amines is 1. The van der Waals surface area contributed by atoms with E-state index < -0.39 is 0 Å². The van der Waals surface area contributed by atoms with E-state index in [2.05, 4.69) is 82.1 Å². The second kappa shape index (κ2) is 8.99. The van der Waals surface area contributed by atoms with Gasteiger partial charge in [-0.1, -0.05) is 43.0 Å². The van der Waals surface area contributed by atoms with Crippen LogP contribution in [-0.2, 0) is 12.8 Å². The van der Waals surface area contributed by atoms with E-state index in [-0.39, 0.29) is 11.7 Å². The summed E-state index contributed by atoms with van der Waals surface area (Å²) in [5.41, 5.74) is 5.39. The van der Waals surface area contributed by atoms with Crippen LogP contribution in [0.3, 0.4) is 0 Å². The highest BCUT2D eigenvalue weighted by molar-refractivity contribution is 14.1. The molecule has 0 saturated heterocycles. The lowest BCUT2D eigenvalue weighted by molar-refractivity contribution is 0.612. The van der Waals surface area contributed by atoms with Gasteiger partial charge in [0, 0.05) is 45.3 Å². The van der Waals surface area contributed by atoms with Crippen molar-refractivity contribution in [1.82, 2.24) is 10.3 Å². The second-order valence-electron chi connectivity index (χ2n) is 7.46. The van der Waals surface area contributed by atoms with Gasteiger partial charge in [-0.3, -0.25) is 0 Å². The van der Waals surface area contributed by atoms with Crippen molar-refractivity contribution in [1.29, 1.82) is 0 Å². The van der Waals surface area contributed by atoms with Crippen LogP contribution in [0.2, 0.25) is 0 Å². The van der Waals surface area contributed by atoms with Crippen LogP contribution in [0.1, 0.15) is 17.5 Å². The molecule has 1 aliphatic rings. The van der Waals surface area contributed by atoms with Crippen LogP contribution < -0.4 is 5.32 Å². The monoisotopic (exact) mass is 498 g/mol. The summed E-state index contributed by atoms with van der Waals surface area (Å²) in [5, 5.41) is 4.79. The van der Waals surface area contributed by atoms with Crippen LogP contribution in [-0.4, -0.2) is 11.5 Å². The fraction of sp³-hybridized carbons (Fsp3) is 0.200. The van der Waals surface area contributed by atoms with Crippen molar-refractivity contribution in [2.45, 2.75) is 19.3 Å². The summed E-state index contributed by atoms with van der Waals surface area (Å²) in [6.07, 6.45) is 11.1. The lowest BCUT2D eigenvalue weighted by atomic mass is 9.90. The van der Waals surface area contributed by atoms with Crippen LogP contribution in [0.4, 0.5) is 4.39 Å². The van der Waals surface area contributed by atoms with Gasteiger partial charge in [0.05, 0.1) is 0 Å². The maximum absolute atomic E-state index is 14.0. The lowest BCUT2D eigenvalue weighted by Gasteiger charge is -2.21. The van der Waals surface area contributed by atoms with E-state index in [1.54, 1.807) is 6.07 Å². The van der Waals surface area contributed by atoms with E-state index in [4.69, 9.17) is 0 Å². The summed E-state index contributed by atoms with van der Waals surface area (Å²) < 4.78 is 15.2. The van der Waals surface area contributed by atoms with Crippen molar-refractivity contribution in [3.63, 3.8) is 0 Å². The van der Waals surface area contributed by atoms with Crippen LogP contribution >= 0.6 is 22.6 Å². The summed E-state index contributed by atoms with van der Waals surface area (Å²) in [7, 11) is 0. The van der Waals surface area contributed by atoms with Gasteiger partial charge >= 0.3 is 0 Å². The van der Waals surface area contributed by atoms with Crippen molar-refractivity contribution in [3.05, 3.63) is 105 Å². The number of rotatable bonds is 7. The molecule has 1 unspecified atom stereocenters. The Kier molecular flexibility index (Phi) is 6.19. The molecule has 0 amide bonds. The molecule has 2 nitrogen and oxygen atoms in total. The molecule has 1 aromatic heterocycles. The fourth-order valence-corrected chi connectivity index (χ4v) is 4.31. The molecule has 1 aliphatic carbocycles. The Morgan fingerprint density at radius 2 is 2.07 bits per heavy atom. The Morgan fingerprint density at radius 1 is 1.21 bits per heavy atom. The molecular formula is C25H24FIN2. The topological polar surface area (TPSA) is 27.8 Å². The number of aromatic nitrogens is 1. The third-order valence-electron chi connectivity index (χ3n) is 5.41. The van der Waals surface area contributed by atoms with Crippen LogP contribution in [0.25, 0.3) is 10.9 Å². The minimum absolute atomic E-state index is 0.144. The summed E-state index contributed by atoms with van der Waals surface area (Å²) >= 11 is 2.35. The average molecular weight is 498 g/mol. The van der Waals surface area contributed by atoms with Gasteiger partial charge in [0.1, 0.15) is 5.82 Å². The van der Waals surface area contributed by atoms with Crippen molar-refractivity contribution in [2.75, 3.05) is 6.54 Å². The van der Waals surface area contributed by atoms with Gasteiger partial charge in [-0.05, 0) is 76.4 Å². The van der Waals surface area contributed by atoms with Crippen LogP contribution in [0, 0.1) is 15.3 Å². The number of halogens is 2. The van der Waals surface area contributed by atoms with Gasteiger partial charge in [-0.2, -0.15) is 0 Å². The number of allylic oxidation sites excluding steroid dienone is 4. The zero-order valence-electron chi connectivity index (χ0n) is 16.2. The highest BCUT2D eigenvalue weighted by Crippen LogP contribution is 2.25. The van der Waals surface area contributed by atoms with Gasteiger partial charge in [0.15, 0.2) is 0 Å². The van der Waals surface area contributed by atoms with E-state index in [0.717, 1.165) is 36.2 Å². The zero-order chi connectivity index (χ0) is 20.2. The fourth-order valence-electron chi connectivity index (χ4n) is 3.82. The third-order valence-corrected chi connectivity index (χ3v) is 6.08. The van der Waals surface area contributed by atoms with Crippen molar-refractivity contribution >= 4 is 33.5 Å². The van der Waals surface area contributed by atoms with Gasteiger partial charge in [0.25, 0.3) is 0 Å². The number of hydrogen-bond donors (Lipinski definition) is 2. The standard InChI is InChI=1S/C25H24FIN2/c1-17(28-12-11-21-16-29-25-10-9-22(27)15-23(21)25)19-7-4-5-18(13-19)14-20-6-2-3-8-24(20)26/h2-6,8-10,13,15-16,19,28-29H,1,7,11-12,14H2. The smallest absolute Gasteiger partial charge is 0.126 e. The van der Waals surface area contributed by atoms with E-state index in [0.29, 0.717) is 6.42 Å². The molecule has 0 bridgehead atoms. The molecule has 4 rings (SSSR count). The maximum atomic E-state index is 14.0. The third kappa shape index (κ3) is 4.81. The van der Waals surface area contributed by atoms with Crippen molar-refractivity contribution < 1.29 is 4.39 Å². The largest absolute Gasteiger partial charge is 0.388 e. The number of benzene rings is 2. The highest BCUT2D eigenvalue weighted by Gasteiger charge is 2.14. The van der Waals surface area contributed by atoms with Crippen molar-refractivity contribution in [2.24, 2.45) is 5.92 Å². The Bertz CT molecular complexity index is 1090. The Balaban J connectivity index is 1.35. The molecule has 0 fully saturated rings. The maximum Gasteiger partial charge on any atom is 0.126 e. The number of hydrogen-bond acceptors (Lipinski definition) is 1. The van der Waals surface area contributed by atoms with E-state index >= 15 is 0 Å². The van der Waals surface area contributed by atoms with Crippen LogP contribution in [0.15, 0.2) is 84.7 Å². The Hall–Kier alpha value is -2.34. The predicted octanol–water partition coefficient (Wildman–Crippen LogP) is 6.30. The molecule has 0 aliphatic heterocycles. The zero-order valence-corrected chi connectivity index (χ0v) is 18.4. The van der Waals surface area contributed by atoms with Gasteiger partial charge in [-0.25, -0.2) is 4.39 Å². The number of nitrogens with one attached hydrogen (secondary N) is 2. The summed E-state index contributed by atoms with van der Waals surface area (Å²) in [6.45, 7) is 5.10. The molecule has 2 N–H and O–H groups in total. The molecule has 148 valence electrons. The van der Waals surface area contributed by atoms with E-state index in [1.165, 1.54) is 26.1 Å². The minimum Gasteiger partial charge on any atom is -0.388 e. The normalized spacial score (nSPS) is 16.1. The SMILES string of the molecule is C=C(NCCc1c[nH]c2ccc(I)cc12)C1C=C(Cc2ccccc2F)C=CC1. The Morgan fingerprint density at radius 3 is 2.93 bits per heavy atom. The van der Waals surface area contributed by atoms with Crippen LogP contribution in [0.5, 0.6) is 0 Å². The first-order valence-electron chi connectivity index (χ1n) is 9.89. The quantitative estimate of drug-likeness (QED) is 0.368. The molecule has 29 heavy (non-hydrogen) atoms. The first-order valence-corrected chi connectivity index (χ1v) is 11.0. The summed E-state index contributed by atoms with van der Waals surface area (Å²) in [4.78, 5) is 3.35. The van der Waals surface area contributed by atoms with Crippen molar-refractivity contribution in [3.8, 4) is 0 Å². The summed E-state index contributed by atoms with van der Waals surface area (Å²) in [5.74, 6) is 0.0972. The van der Waals surface area contributed by atoms with E-state index in [1.807, 2.05) is 12.1 Å². The number of H-pyrrole nitrogens is 1. The first-order chi connectivity index (χ1) is 14.1. The van der Waals surface area contributed by atoms with Gasteiger partial charge in [-0.15, -0.1) is 0 Å². The van der Waals surface area contributed by atoms with E-state index in [9.17, 15) is 4.39 Å². The highest BCUT2D eigenvalue weighted by atomic mass is 127. The molecule has 4 heteroatoms. The molecule has 0 spiro atoms. The lowest BCUT2D eigenvalue weighted by Crippen LogP contribution is -2.22. The van der Waals surface area contributed by atoms with Gasteiger partial charge in [0.2, 0.25) is 0 Å². The molecule has 0 saturated carbocycles. The van der Waals surface area contributed by atoms with Gasteiger partial charge < -0.3 is 10.3 Å².